The molecule has 3 aliphatic heterocycles. The Morgan fingerprint density at radius 3 is 2.27 bits per heavy atom. The fraction of sp³-hybridized carbons (Fsp3) is 0.500. The van der Waals surface area contributed by atoms with Crippen molar-refractivity contribution in [1.29, 1.82) is 0 Å². The summed E-state index contributed by atoms with van der Waals surface area (Å²) in [5, 5.41) is 90.6. The second kappa shape index (κ2) is 11.6. The van der Waals surface area contributed by atoms with Gasteiger partial charge in [0.25, 0.3) is 0 Å². The largest absolute Gasteiger partial charge is 0.507 e. The third-order valence-electron chi connectivity index (χ3n) is 7.14. The number of benzene rings is 2. The molecular formula is C26H30O15. The first-order valence-corrected chi connectivity index (χ1v) is 12.7. The molecule has 224 valence electrons. The van der Waals surface area contributed by atoms with Crippen molar-refractivity contribution in [3.05, 3.63) is 41.5 Å². The number of ether oxygens (including phenoxy) is 5. The van der Waals surface area contributed by atoms with Crippen LogP contribution in [-0.2, 0) is 14.2 Å². The summed E-state index contributed by atoms with van der Waals surface area (Å²) in [7, 11) is 0. The molecule has 2 fully saturated rings. The Labute approximate surface area is 231 Å². The van der Waals surface area contributed by atoms with Gasteiger partial charge in [-0.15, -0.1) is 0 Å². The molecule has 0 amide bonds. The summed E-state index contributed by atoms with van der Waals surface area (Å²) >= 11 is 0. The normalized spacial score (nSPS) is 35.4. The third-order valence-corrected chi connectivity index (χ3v) is 7.14. The van der Waals surface area contributed by atoms with E-state index in [-0.39, 0.29) is 35.8 Å². The zero-order valence-corrected chi connectivity index (χ0v) is 21.3. The lowest BCUT2D eigenvalue weighted by atomic mass is 9.95. The van der Waals surface area contributed by atoms with E-state index in [2.05, 4.69) is 0 Å². The average molecular weight is 583 g/mol. The van der Waals surface area contributed by atoms with Gasteiger partial charge in [0.1, 0.15) is 71.6 Å². The van der Waals surface area contributed by atoms with E-state index in [4.69, 9.17) is 23.7 Å². The molecule has 0 radical (unpaired) electrons. The van der Waals surface area contributed by atoms with Crippen molar-refractivity contribution < 1.29 is 74.4 Å². The Morgan fingerprint density at radius 2 is 1.54 bits per heavy atom. The van der Waals surface area contributed by atoms with Crippen LogP contribution in [0, 0.1) is 0 Å². The molecule has 0 aliphatic carbocycles. The van der Waals surface area contributed by atoms with E-state index in [0.717, 1.165) is 6.07 Å². The van der Waals surface area contributed by atoms with Gasteiger partial charge in [0, 0.05) is 12.1 Å². The third kappa shape index (κ3) is 5.76. The molecule has 5 rings (SSSR count). The minimum atomic E-state index is -1.78. The molecule has 2 saturated heterocycles. The molecular weight excluding hydrogens is 552 g/mol. The van der Waals surface area contributed by atoms with Crippen LogP contribution < -0.4 is 9.47 Å². The number of carbonyl (C=O) groups excluding carboxylic acids is 1. The first-order chi connectivity index (χ1) is 19.4. The summed E-state index contributed by atoms with van der Waals surface area (Å²) in [6.07, 6.45) is -15.1. The molecule has 15 heteroatoms. The number of aliphatic hydroxyl groups excluding tert-OH is 6. The number of hydrogen-bond donors (Lipinski definition) is 9. The number of phenols is 3. The lowest BCUT2D eigenvalue weighted by Crippen LogP contribution is -2.61. The molecule has 0 spiro atoms. The van der Waals surface area contributed by atoms with E-state index < -0.39 is 85.3 Å². The maximum absolute atomic E-state index is 12.8. The van der Waals surface area contributed by atoms with E-state index in [9.17, 15) is 50.8 Å². The highest BCUT2D eigenvalue weighted by Crippen LogP contribution is 2.43. The smallest absolute Gasteiger partial charge is 0.229 e. The minimum absolute atomic E-state index is 0.0799. The maximum atomic E-state index is 12.8. The molecule has 10 atom stereocenters. The predicted octanol–water partition coefficient (Wildman–Crippen LogP) is -1.85. The second-order valence-corrected chi connectivity index (χ2v) is 10.0. The number of rotatable bonds is 6. The molecule has 15 nitrogen and oxygen atoms in total. The van der Waals surface area contributed by atoms with Crippen LogP contribution in [0.1, 0.15) is 28.4 Å². The minimum Gasteiger partial charge on any atom is -0.507 e. The summed E-state index contributed by atoms with van der Waals surface area (Å²) < 4.78 is 27.6. The van der Waals surface area contributed by atoms with Crippen molar-refractivity contribution in [1.82, 2.24) is 0 Å². The lowest BCUT2D eigenvalue weighted by molar-refractivity contribution is -0.307. The summed E-state index contributed by atoms with van der Waals surface area (Å²) in [5.41, 5.74) is 0.256. The van der Waals surface area contributed by atoms with E-state index in [1.165, 1.54) is 24.3 Å². The molecule has 2 aromatic rings. The molecule has 9 N–H and O–H groups in total. The van der Waals surface area contributed by atoms with Gasteiger partial charge in [-0.2, -0.15) is 0 Å². The Kier molecular flexibility index (Phi) is 8.24. The average Bonchev–Trinajstić information content (AvgIpc) is 2.93. The Hall–Kier alpha value is -3.25. The van der Waals surface area contributed by atoms with Gasteiger partial charge in [-0.1, -0.05) is 6.07 Å². The Morgan fingerprint density at radius 1 is 0.805 bits per heavy atom. The fourth-order valence-electron chi connectivity index (χ4n) is 4.81. The van der Waals surface area contributed by atoms with Crippen LogP contribution in [-0.4, -0.2) is 120 Å². The lowest BCUT2D eigenvalue weighted by Gasteiger charge is -2.41. The topological polar surface area (TPSA) is 245 Å². The van der Waals surface area contributed by atoms with Crippen LogP contribution in [0.4, 0.5) is 0 Å². The number of carbonyl (C=O) groups is 1. The van der Waals surface area contributed by atoms with Gasteiger partial charge < -0.3 is 69.6 Å². The predicted molar refractivity (Wildman–Crippen MR) is 131 cm³/mol. The van der Waals surface area contributed by atoms with Crippen molar-refractivity contribution in [2.24, 2.45) is 0 Å². The molecule has 41 heavy (non-hydrogen) atoms. The second-order valence-electron chi connectivity index (χ2n) is 10.0. The molecule has 0 bridgehead atoms. The SMILES string of the molecule is O=C1CC(c2ccc(O)c(O)c2)Oc2cc(O[C@@H]3O[C@H](CO[C@@H]4OC[C@@H](O)[C@@H](O)[C@@H]4O)[C@@H](O)[C@H](O)[C@H]3O)cc(O)c21. The first kappa shape index (κ1) is 29.2. The molecule has 1 unspecified atom stereocenters. The van der Waals surface area contributed by atoms with Crippen molar-refractivity contribution in [2.75, 3.05) is 13.2 Å². The zero-order chi connectivity index (χ0) is 29.6. The highest BCUT2D eigenvalue weighted by Gasteiger charge is 2.46. The van der Waals surface area contributed by atoms with E-state index >= 15 is 0 Å². The summed E-state index contributed by atoms with van der Waals surface area (Å²) in [5.74, 6) is -1.95. The van der Waals surface area contributed by atoms with E-state index in [1.54, 1.807) is 0 Å². The zero-order valence-electron chi connectivity index (χ0n) is 21.3. The van der Waals surface area contributed by atoms with Gasteiger partial charge in [0.05, 0.1) is 19.6 Å². The fourth-order valence-corrected chi connectivity index (χ4v) is 4.81. The van der Waals surface area contributed by atoms with Gasteiger partial charge in [-0.3, -0.25) is 4.79 Å². The van der Waals surface area contributed by atoms with Crippen LogP contribution in [0.3, 0.4) is 0 Å². The number of fused-ring (bicyclic) bond motifs is 1. The van der Waals surface area contributed by atoms with E-state index in [0.29, 0.717) is 5.56 Å². The van der Waals surface area contributed by atoms with E-state index in [1.807, 2.05) is 0 Å². The van der Waals surface area contributed by atoms with Gasteiger partial charge >= 0.3 is 0 Å². The molecule has 3 heterocycles. The number of hydrogen-bond acceptors (Lipinski definition) is 15. The summed E-state index contributed by atoms with van der Waals surface area (Å²) in [6, 6.07) is 6.25. The van der Waals surface area contributed by atoms with Gasteiger partial charge in [-0.25, -0.2) is 0 Å². The molecule has 3 aliphatic rings. The van der Waals surface area contributed by atoms with Crippen LogP contribution in [0.25, 0.3) is 0 Å². The summed E-state index contributed by atoms with van der Waals surface area (Å²) in [4.78, 5) is 12.8. The number of aliphatic hydroxyl groups is 6. The van der Waals surface area contributed by atoms with Crippen molar-refractivity contribution in [3.63, 3.8) is 0 Å². The highest BCUT2D eigenvalue weighted by molar-refractivity contribution is 6.02. The Bertz CT molecular complexity index is 1270. The number of phenolic OH excluding ortho intramolecular Hbond substituents is 3. The van der Waals surface area contributed by atoms with Gasteiger partial charge in [0.15, 0.2) is 23.6 Å². The number of Topliss-reactive ketones (excluding diaryl/α,β-unsaturated/α-hetero) is 1. The van der Waals surface area contributed by atoms with Gasteiger partial charge in [0.2, 0.25) is 6.29 Å². The van der Waals surface area contributed by atoms with Crippen molar-refractivity contribution >= 4 is 5.78 Å². The maximum Gasteiger partial charge on any atom is 0.229 e. The summed E-state index contributed by atoms with van der Waals surface area (Å²) in [6.45, 7) is -0.825. The Balaban J connectivity index is 1.30. The molecule has 0 aromatic heterocycles. The number of aromatic hydroxyl groups is 3. The van der Waals surface area contributed by atoms with Crippen LogP contribution >= 0.6 is 0 Å². The van der Waals surface area contributed by atoms with Crippen molar-refractivity contribution in [3.8, 4) is 28.7 Å². The standard InChI is InChI=1S/C26H30O15/c27-11-2-1-9(3-12(11)28)16-6-14(30)19-13(29)4-10(5-17(19)40-16)39-26-24(36)22(34)21(33)18(41-26)8-38-25-23(35)20(32)15(31)7-37-25/h1-5,15-16,18,20-29,31-36H,6-8H2/t15-,16?,18-,20-,21-,22+,23+,24-,25+,26-/m1/s1. The van der Waals surface area contributed by atoms with Crippen molar-refractivity contribution in [2.45, 2.75) is 67.8 Å². The first-order valence-electron chi connectivity index (χ1n) is 12.7. The van der Waals surface area contributed by atoms with Crippen LogP contribution in [0.15, 0.2) is 30.3 Å². The quantitative estimate of drug-likeness (QED) is 0.170. The molecule has 0 saturated carbocycles. The van der Waals surface area contributed by atoms with Crippen LogP contribution in [0.5, 0.6) is 28.7 Å². The van der Waals surface area contributed by atoms with Gasteiger partial charge in [-0.05, 0) is 17.7 Å². The number of ketones is 1. The molecule has 2 aromatic carbocycles. The highest BCUT2D eigenvalue weighted by atomic mass is 16.7. The van der Waals surface area contributed by atoms with Crippen LogP contribution in [0.2, 0.25) is 0 Å². The monoisotopic (exact) mass is 582 g/mol.